The molecule has 0 amide bonds. The van der Waals surface area contributed by atoms with Gasteiger partial charge in [0.05, 0.1) is 13.2 Å². The highest BCUT2D eigenvalue weighted by Crippen LogP contribution is 2.14. The average Bonchev–Trinajstić information content (AvgIpc) is 2.72. The Kier molecular flexibility index (Phi) is 9.85. The summed E-state index contributed by atoms with van der Waals surface area (Å²) in [5.41, 5.74) is 12.9. The minimum Gasteiger partial charge on any atom is -0.494 e. The molecule has 0 aromatic heterocycles. The summed E-state index contributed by atoms with van der Waals surface area (Å²) in [5, 5.41) is 19.9. The average molecular weight is 413 g/mol. The Morgan fingerprint density at radius 2 is 1.03 bits per heavy atom. The largest absolute Gasteiger partial charge is 0.494 e. The Morgan fingerprint density at radius 3 is 1.37 bits per heavy atom. The first-order valence-corrected chi connectivity index (χ1v) is 10.1. The maximum atomic E-state index is 7.14. The second-order valence-electron chi connectivity index (χ2n) is 6.87. The van der Waals surface area contributed by atoms with Crippen molar-refractivity contribution in [2.24, 2.45) is 11.5 Å². The van der Waals surface area contributed by atoms with Crippen LogP contribution in [0.4, 0.5) is 0 Å². The fourth-order valence-electron chi connectivity index (χ4n) is 2.77. The molecule has 0 aliphatic rings. The van der Waals surface area contributed by atoms with Crippen molar-refractivity contribution in [3.8, 4) is 11.5 Å². The van der Waals surface area contributed by atoms with E-state index < -0.39 is 0 Å². The molecule has 2 aromatic carbocycles. The number of hydrogen-bond acceptors (Lipinski definition) is 4. The van der Waals surface area contributed by atoms with E-state index in [9.17, 15) is 0 Å². The summed E-state index contributed by atoms with van der Waals surface area (Å²) in [7, 11) is 0. The van der Waals surface area contributed by atoms with Gasteiger partial charge in [0.15, 0.2) is 11.9 Å². The van der Waals surface area contributed by atoms with E-state index in [-0.39, 0.29) is 11.9 Å². The summed E-state index contributed by atoms with van der Waals surface area (Å²) in [4.78, 5) is 0. The molecule has 0 bridgehead atoms. The Labute approximate surface area is 178 Å². The summed E-state index contributed by atoms with van der Waals surface area (Å²) in [6, 6.07) is 16.0. The lowest BCUT2D eigenvalue weighted by atomic mass is 10.1. The van der Waals surface area contributed by atoms with E-state index in [1.807, 2.05) is 48.5 Å². The van der Waals surface area contributed by atoms with Crippen molar-refractivity contribution >= 4 is 11.9 Å². The van der Waals surface area contributed by atoms with Crippen LogP contribution < -0.4 is 31.6 Å². The Bertz CT molecular complexity index is 710. The zero-order chi connectivity index (χ0) is 21.6. The van der Waals surface area contributed by atoms with Crippen LogP contribution in [0.3, 0.4) is 0 Å². The van der Waals surface area contributed by atoms with Crippen molar-refractivity contribution in [3.63, 3.8) is 0 Å². The van der Waals surface area contributed by atoms with Gasteiger partial charge in [-0.3, -0.25) is 10.8 Å². The topological polar surface area (TPSA) is 142 Å². The maximum absolute atomic E-state index is 7.14. The van der Waals surface area contributed by atoms with E-state index >= 15 is 0 Å². The molecule has 0 saturated carbocycles. The van der Waals surface area contributed by atoms with E-state index in [0.29, 0.717) is 26.3 Å². The van der Waals surface area contributed by atoms with Gasteiger partial charge in [-0.15, -0.1) is 0 Å². The third-order valence-electron chi connectivity index (χ3n) is 4.38. The van der Waals surface area contributed by atoms with Gasteiger partial charge in [0.1, 0.15) is 11.5 Å². The fraction of sp³-hybridized carbons (Fsp3) is 0.364. The quantitative estimate of drug-likeness (QED) is 0.169. The molecule has 0 unspecified atom stereocenters. The standard InChI is InChI=1S/C22H32N6O2/c23-21(24)27-13-11-17-3-7-19(8-4-17)29-15-1-2-16-30-20-9-5-18(6-10-20)12-14-28-22(25)26/h3-10H,1-2,11-16H2,(H4,23,24,27)(H4,25,26,28). The highest BCUT2D eigenvalue weighted by Gasteiger charge is 1.99. The Balaban J connectivity index is 1.55. The molecule has 0 aliphatic heterocycles. The third kappa shape index (κ3) is 9.68. The summed E-state index contributed by atoms with van der Waals surface area (Å²) >= 11 is 0. The second-order valence-corrected chi connectivity index (χ2v) is 6.87. The van der Waals surface area contributed by atoms with Crippen LogP contribution in [0, 0.1) is 10.8 Å². The molecule has 8 nitrogen and oxygen atoms in total. The predicted molar refractivity (Wildman–Crippen MR) is 120 cm³/mol. The van der Waals surface area contributed by atoms with Crippen molar-refractivity contribution in [3.05, 3.63) is 59.7 Å². The van der Waals surface area contributed by atoms with Gasteiger partial charge in [0.25, 0.3) is 0 Å². The van der Waals surface area contributed by atoms with Crippen LogP contribution in [0.25, 0.3) is 0 Å². The zero-order valence-electron chi connectivity index (χ0n) is 17.2. The third-order valence-corrected chi connectivity index (χ3v) is 4.38. The van der Waals surface area contributed by atoms with E-state index in [4.69, 9.17) is 31.8 Å². The highest BCUT2D eigenvalue weighted by atomic mass is 16.5. The zero-order valence-corrected chi connectivity index (χ0v) is 17.2. The maximum Gasteiger partial charge on any atom is 0.185 e. The number of ether oxygens (including phenoxy) is 2. The van der Waals surface area contributed by atoms with Gasteiger partial charge in [-0.05, 0) is 61.1 Å². The molecule has 0 spiro atoms. The minimum absolute atomic E-state index is 0.00496. The van der Waals surface area contributed by atoms with Crippen molar-refractivity contribution in [2.45, 2.75) is 25.7 Å². The van der Waals surface area contributed by atoms with Gasteiger partial charge in [-0.1, -0.05) is 24.3 Å². The predicted octanol–water partition coefficient (Wildman–Crippen LogP) is 1.98. The van der Waals surface area contributed by atoms with Gasteiger partial charge < -0.3 is 31.6 Å². The lowest BCUT2D eigenvalue weighted by Crippen LogP contribution is -2.31. The summed E-state index contributed by atoms with van der Waals surface area (Å²) < 4.78 is 11.5. The molecule has 8 N–H and O–H groups in total. The van der Waals surface area contributed by atoms with Crippen molar-refractivity contribution < 1.29 is 9.47 Å². The Morgan fingerprint density at radius 1 is 0.667 bits per heavy atom. The molecular formula is C22H32N6O2. The summed E-state index contributed by atoms with van der Waals surface area (Å²) in [6.45, 7) is 2.60. The molecule has 0 aliphatic carbocycles. The number of unbranched alkanes of at least 4 members (excludes halogenated alkanes) is 1. The van der Waals surface area contributed by atoms with Crippen LogP contribution in [-0.2, 0) is 12.8 Å². The number of rotatable bonds is 13. The van der Waals surface area contributed by atoms with Gasteiger partial charge in [0.2, 0.25) is 0 Å². The van der Waals surface area contributed by atoms with E-state index in [1.54, 1.807) is 0 Å². The molecule has 30 heavy (non-hydrogen) atoms. The first-order valence-electron chi connectivity index (χ1n) is 10.1. The molecule has 2 rings (SSSR count). The highest BCUT2D eigenvalue weighted by molar-refractivity contribution is 5.74. The molecule has 8 heteroatoms. The smallest absolute Gasteiger partial charge is 0.185 e. The fourth-order valence-corrected chi connectivity index (χ4v) is 2.77. The van der Waals surface area contributed by atoms with Crippen LogP contribution in [-0.4, -0.2) is 38.2 Å². The molecule has 0 saturated heterocycles. The molecule has 0 heterocycles. The van der Waals surface area contributed by atoms with Crippen LogP contribution in [0.15, 0.2) is 48.5 Å². The van der Waals surface area contributed by atoms with Crippen LogP contribution in [0.2, 0.25) is 0 Å². The molecule has 0 radical (unpaired) electrons. The van der Waals surface area contributed by atoms with E-state index in [0.717, 1.165) is 37.2 Å². The molecule has 162 valence electrons. The number of nitrogens with one attached hydrogen (secondary N) is 4. The van der Waals surface area contributed by atoms with Gasteiger partial charge in [0, 0.05) is 13.1 Å². The monoisotopic (exact) mass is 412 g/mol. The number of guanidine groups is 2. The lowest BCUT2D eigenvalue weighted by molar-refractivity contribution is 0.266. The van der Waals surface area contributed by atoms with Crippen LogP contribution >= 0.6 is 0 Å². The molecular weight excluding hydrogens is 380 g/mol. The SMILES string of the molecule is N=C(N)NCCc1ccc(OCCCCOc2ccc(CCNC(=N)N)cc2)cc1. The van der Waals surface area contributed by atoms with Crippen molar-refractivity contribution in [2.75, 3.05) is 26.3 Å². The van der Waals surface area contributed by atoms with Crippen molar-refractivity contribution in [1.29, 1.82) is 10.8 Å². The number of benzene rings is 2. The van der Waals surface area contributed by atoms with Crippen LogP contribution in [0.5, 0.6) is 11.5 Å². The number of hydrogen-bond donors (Lipinski definition) is 6. The molecule has 0 atom stereocenters. The van der Waals surface area contributed by atoms with Gasteiger partial charge in [-0.25, -0.2) is 0 Å². The van der Waals surface area contributed by atoms with E-state index in [1.165, 1.54) is 11.1 Å². The van der Waals surface area contributed by atoms with E-state index in [2.05, 4.69) is 10.6 Å². The van der Waals surface area contributed by atoms with Crippen molar-refractivity contribution in [1.82, 2.24) is 10.6 Å². The summed E-state index contributed by atoms with van der Waals surface area (Å²) in [5.74, 6) is 1.70. The second kappa shape index (κ2) is 12.9. The summed E-state index contributed by atoms with van der Waals surface area (Å²) in [6.07, 6.45) is 3.46. The molecule has 2 aromatic rings. The minimum atomic E-state index is -0.00496. The first-order chi connectivity index (χ1) is 14.5. The van der Waals surface area contributed by atoms with Gasteiger partial charge >= 0.3 is 0 Å². The Hall–Kier alpha value is -3.42. The van der Waals surface area contributed by atoms with Crippen LogP contribution in [0.1, 0.15) is 24.0 Å². The molecule has 0 fully saturated rings. The van der Waals surface area contributed by atoms with Gasteiger partial charge in [-0.2, -0.15) is 0 Å². The number of nitrogens with two attached hydrogens (primary N) is 2. The first kappa shape index (κ1) is 22.9. The normalized spacial score (nSPS) is 10.3. The lowest BCUT2D eigenvalue weighted by Gasteiger charge is -2.09.